The number of nitrogens with zero attached hydrogens (tertiary/aromatic N) is 5. The van der Waals surface area contributed by atoms with Gasteiger partial charge in [-0.15, -0.1) is 0 Å². The molecule has 1 aliphatic rings. The minimum absolute atomic E-state index is 0.808. The molecule has 37 heavy (non-hydrogen) atoms. The fourth-order valence-electron chi connectivity index (χ4n) is 5.39. The lowest BCUT2D eigenvalue weighted by atomic mass is 10.0. The first-order valence-electron chi connectivity index (χ1n) is 12.9. The number of rotatable bonds is 5. The molecule has 0 radical (unpaired) electrons. The lowest BCUT2D eigenvalue weighted by molar-refractivity contribution is 0.220. The molecule has 0 spiro atoms. The average molecular weight is 486 g/mol. The van der Waals surface area contributed by atoms with Gasteiger partial charge in [-0.25, -0.2) is 4.98 Å². The number of hydrogen-bond donors (Lipinski definition) is 2. The van der Waals surface area contributed by atoms with Crippen LogP contribution in [0.4, 0.5) is 0 Å². The maximum absolute atomic E-state index is 5.04. The number of piperidine rings is 1. The summed E-state index contributed by atoms with van der Waals surface area (Å²) < 4.78 is 0. The molecule has 0 aliphatic carbocycles. The van der Waals surface area contributed by atoms with Crippen LogP contribution in [0.1, 0.15) is 24.8 Å². The topological polar surface area (TPSA) is 86.4 Å². The Bertz CT molecular complexity index is 1690. The predicted molar refractivity (Wildman–Crippen MR) is 147 cm³/mol. The molecule has 0 unspecified atom stereocenters. The maximum Gasteiger partial charge on any atom is 0.135 e. The fraction of sp³-hybridized carbons (Fsp3) is 0.200. The fourth-order valence-corrected chi connectivity index (χ4v) is 5.39. The van der Waals surface area contributed by atoms with E-state index in [-0.39, 0.29) is 0 Å². The van der Waals surface area contributed by atoms with E-state index in [9.17, 15) is 0 Å². The minimum Gasteiger partial charge on any atom is -0.353 e. The van der Waals surface area contributed by atoms with E-state index >= 15 is 0 Å². The van der Waals surface area contributed by atoms with Gasteiger partial charge in [0, 0.05) is 53.4 Å². The Balaban J connectivity index is 1.26. The van der Waals surface area contributed by atoms with Gasteiger partial charge in [-0.1, -0.05) is 24.6 Å². The van der Waals surface area contributed by atoms with Crippen molar-refractivity contribution in [2.24, 2.45) is 0 Å². The molecule has 7 nitrogen and oxygen atoms in total. The molecule has 182 valence electrons. The largest absolute Gasteiger partial charge is 0.353 e. The van der Waals surface area contributed by atoms with Crippen molar-refractivity contribution < 1.29 is 0 Å². The summed E-state index contributed by atoms with van der Waals surface area (Å²) in [6, 6.07) is 18.8. The monoisotopic (exact) mass is 485 g/mol. The van der Waals surface area contributed by atoms with Crippen LogP contribution in [0.25, 0.3) is 55.7 Å². The molecule has 1 saturated heterocycles. The van der Waals surface area contributed by atoms with Crippen LogP contribution in [-0.2, 0) is 6.54 Å². The first-order valence-corrected chi connectivity index (χ1v) is 12.9. The highest BCUT2D eigenvalue weighted by Gasteiger charge is 2.16. The minimum atomic E-state index is 0.808. The van der Waals surface area contributed by atoms with E-state index in [1.54, 1.807) is 6.20 Å². The molecule has 0 amide bonds. The van der Waals surface area contributed by atoms with E-state index in [2.05, 4.69) is 72.5 Å². The van der Waals surface area contributed by atoms with E-state index in [4.69, 9.17) is 4.98 Å². The second kappa shape index (κ2) is 9.26. The van der Waals surface area contributed by atoms with Crippen LogP contribution in [0, 0.1) is 0 Å². The van der Waals surface area contributed by atoms with Gasteiger partial charge in [-0.2, -0.15) is 5.10 Å². The van der Waals surface area contributed by atoms with Crippen molar-refractivity contribution >= 4 is 21.9 Å². The first kappa shape index (κ1) is 21.9. The second-order valence-corrected chi connectivity index (χ2v) is 9.78. The number of hydrogen-bond acceptors (Lipinski definition) is 5. The Morgan fingerprint density at radius 3 is 2.62 bits per heavy atom. The normalized spacial score (nSPS) is 14.5. The van der Waals surface area contributed by atoms with Crippen molar-refractivity contribution in [1.29, 1.82) is 0 Å². The summed E-state index contributed by atoms with van der Waals surface area (Å²) in [5, 5.41) is 8.93. The predicted octanol–water partition coefficient (Wildman–Crippen LogP) is 6.22. The van der Waals surface area contributed by atoms with E-state index in [0.717, 1.165) is 62.3 Å². The standard InChI is InChI=1S/C30H27N7/c1-2-12-37(13-3-1)19-20-14-22(18-32-16-20)25-9-10-27-29(34-25)30(36-35-27)28-15-24-23(7-4-8-26(24)33-28)21-6-5-11-31-17-21/h4-11,14-18,33H,1-3,12-13,19H2,(H,35,36). The number of likely N-dealkylation sites (tertiary alicyclic amines) is 1. The summed E-state index contributed by atoms with van der Waals surface area (Å²) in [7, 11) is 0. The highest BCUT2D eigenvalue weighted by atomic mass is 15.1. The quantitative estimate of drug-likeness (QED) is 0.303. The molecule has 1 fully saturated rings. The number of aromatic nitrogens is 6. The number of benzene rings is 1. The highest BCUT2D eigenvalue weighted by molar-refractivity contribution is 6.00. The van der Waals surface area contributed by atoms with E-state index in [1.807, 2.05) is 30.7 Å². The van der Waals surface area contributed by atoms with Crippen LogP contribution >= 0.6 is 0 Å². The van der Waals surface area contributed by atoms with Crippen LogP contribution in [0.5, 0.6) is 0 Å². The van der Waals surface area contributed by atoms with Crippen LogP contribution in [0.3, 0.4) is 0 Å². The SMILES string of the molecule is c1cncc(-c2cccc3[nH]c(-c4n[nH]c5ccc(-c6cncc(CN7CCCCC7)c6)nc45)cc23)c1. The van der Waals surface area contributed by atoms with Gasteiger partial charge in [-0.3, -0.25) is 20.0 Å². The number of nitrogens with one attached hydrogen (secondary N) is 2. The molecular formula is C30H27N7. The Hall–Kier alpha value is -4.36. The summed E-state index contributed by atoms with van der Waals surface area (Å²) in [6.45, 7) is 3.27. The summed E-state index contributed by atoms with van der Waals surface area (Å²) in [6.07, 6.45) is 11.5. The van der Waals surface area contributed by atoms with E-state index in [0.29, 0.717) is 0 Å². The van der Waals surface area contributed by atoms with Crippen LogP contribution in [-0.4, -0.2) is 48.1 Å². The maximum atomic E-state index is 5.04. The Labute approximate surface area is 214 Å². The summed E-state index contributed by atoms with van der Waals surface area (Å²) >= 11 is 0. The Kier molecular flexibility index (Phi) is 5.48. The molecule has 0 atom stereocenters. The molecule has 5 aromatic heterocycles. The highest BCUT2D eigenvalue weighted by Crippen LogP contribution is 2.34. The average Bonchev–Trinajstić information content (AvgIpc) is 3.58. The molecule has 0 bridgehead atoms. The van der Waals surface area contributed by atoms with Crippen molar-refractivity contribution in [1.82, 2.24) is 35.0 Å². The zero-order valence-electron chi connectivity index (χ0n) is 20.5. The molecule has 6 heterocycles. The Morgan fingerprint density at radius 2 is 1.73 bits per heavy atom. The van der Waals surface area contributed by atoms with Gasteiger partial charge < -0.3 is 4.98 Å². The van der Waals surface area contributed by atoms with Crippen molar-refractivity contribution in [2.75, 3.05) is 13.1 Å². The number of H-pyrrole nitrogens is 2. The molecule has 2 N–H and O–H groups in total. The van der Waals surface area contributed by atoms with Gasteiger partial charge in [-0.05, 0) is 73.5 Å². The zero-order valence-corrected chi connectivity index (χ0v) is 20.5. The second-order valence-electron chi connectivity index (χ2n) is 9.78. The van der Waals surface area contributed by atoms with Crippen molar-refractivity contribution in [3.63, 3.8) is 0 Å². The van der Waals surface area contributed by atoms with Crippen molar-refractivity contribution in [3.8, 4) is 33.8 Å². The summed E-state index contributed by atoms with van der Waals surface area (Å²) in [5.74, 6) is 0. The summed E-state index contributed by atoms with van der Waals surface area (Å²) in [4.78, 5) is 20.0. The van der Waals surface area contributed by atoms with Gasteiger partial charge in [0.1, 0.15) is 11.2 Å². The summed E-state index contributed by atoms with van der Waals surface area (Å²) in [5.41, 5.74) is 9.92. The van der Waals surface area contributed by atoms with Gasteiger partial charge in [0.2, 0.25) is 0 Å². The van der Waals surface area contributed by atoms with Gasteiger partial charge in [0.25, 0.3) is 0 Å². The number of fused-ring (bicyclic) bond motifs is 2. The molecule has 0 saturated carbocycles. The van der Waals surface area contributed by atoms with E-state index < -0.39 is 0 Å². The van der Waals surface area contributed by atoms with Gasteiger partial charge >= 0.3 is 0 Å². The van der Waals surface area contributed by atoms with Crippen LogP contribution in [0.15, 0.2) is 79.4 Å². The van der Waals surface area contributed by atoms with Crippen molar-refractivity contribution in [2.45, 2.75) is 25.8 Å². The van der Waals surface area contributed by atoms with Crippen molar-refractivity contribution in [3.05, 3.63) is 84.9 Å². The van der Waals surface area contributed by atoms with E-state index in [1.165, 1.54) is 37.9 Å². The first-order chi connectivity index (χ1) is 18.3. The third-order valence-electron chi connectivity index (χ3n) is 7.25. The molecule has 7 heteroatoms. The smallest absolute Gasteiger partial charge is 0.135 e. The third kappa shape index (κ3) is 4.17. The van der Waals surface area contributed by atoms with Gasteiger partial charge in [0.05, 0.1) is 16.9 Å². The lowest BCUT2D eigenvalue weighted by Crippen LogP contribution is -2.29. The van der Waals surface area contributed by atoms with Crippen LogP contribution < -0.4 is 0 Å². The zero-order chi connectivity index (χ0) is 24.6. The number of pyridine rings is 3. The molecular weight excluding hydrogens is 458 g/mol. The molecule has 1 aliphatic heterocycles. The molecule has 1 aromatic carbocycles. The molecule has 6 aromatic rings. The molecule has 7 rings (SSSR count). The number of aromatic amines is 2. The van der Waals surface area contributed by atoms with Crippen LogP contribution in [0.2, 0.25) is 0 Å². The third-order valence-corrected chi connectivity index (χ3v) is 7.25. The van der Waals surface area contributed by atoms with Gasteiger partial charge in [0.15, 0.2) is 0 Å². The Morgan fingerprint density at radius 1 is 0.811 bits per heavy atom. The lowest BCUT2D eigenvalue weighted by Gasteiger charge is -2.26.